The minimum Gasteiger partial charge on any atom is -0.465 e. The molecule has 8 heteroatoms. The molecule has 2 N–H and O–H groups in total. The SMILES string of the molecule is COC(=O)C1=CC2=CNON2C(F)=C1Nc1ccc(I)cc1C. The molecule has 0 bridgehead atoms. The van der Waals surface area contributed by atoms with E-state index in [0.717, 1.165) is 14.2 Å². The van der Waals surface area contributed by atoms with Gasteiger partial charge in [-0.05, 0) is 59.4 Å². The van der Waals surface area contributed by atoms with Crippen LogP contribution in [0.4, 0.5) is 10.1 Å². The first-order chi connectivity index (χ1) is 11.0. The molecule has 0 aromatic heterocycles. The van der Waals surface area contributed by atoms with Gasteiger partial charge in [0.2, 0.25) is 5.95 Å². The van der Waals surface area contributed by atoms with Gasteiger partial charge in [-0.2, -0.15) is 9.45 Å². The normalized spacial score (nSPS) is 16.4. The summed E-state index contributed by atoms with van der Waals surface area (Å²) in [5.74, 6) is -1.37. The van der Waals surface area contributed by atoms with Crippen molar-refractivity contribution in [2.45, 2.75) is 6.92 Å². The second-order valence-electron chi connectivity index (χ2n) is 4.87. The van der Waals surface area contributed by atoms with E-state index >= 15 is 0 Å². The largest absolute Gasteiger partial charge is 0.465 e. The zero-order valence-corrected chi connectivity index (χ0v) is 14.5. The number of benzene rings is 1. The number of rotatable bonds is 3. The number of halogens is 2. The molecule has 0 aliphatic carbocycles. The Morgan fingerprint density at radius 1 is 1.48 bits per heavy atom. The number of ether oxygens (including phenoxy) is 1. The van der Waals surface area contributed by atoms with E-state index < -0.39 is 11.9 Å². The molecule has 0 atom stereocenters. The van der Waals surface area contributed by atoms with Gasteiger partial charge in [-0.3, -0.25) is 0 Å². The number of esters is 1. The molecule has 6 nitrogen and oxygen atoms in total. The first-order valence-corrected chi connectivity index (χ1v) is 7.75. The lowest BCUT2D eigenvalue weighted by Crippen LogP contribution is -2.27. The van der Waals surface area contributed by atoms with Crippen LogP contribution in [0.25, 0.3) is 0 Å². The number of nitrogens with one attached hydrogen (secondary N) is 2. The van der Waals surface area contributed by atoms with E-state index in [9.17, 15) is 9.18 Å². The monoisotopic (exact) mass is 429 g/mol. The number of hydrogen-bond donors (Lipinski definition) is 2. The Morgan fingerprint density at radius 3 is 2.96 bits per heavy atom. The maximum Gasteiger partial charge on any atom is 0.340 e. The third-order valence-electron chi connectivity index (χ3n) is 3.38. The minimum absolute atomic E-state index is 0.0120. The Labute approximate surface area is 145 Å². The molecule has 0 saturated carbocycles. The summed E-state index contributed by atoms with van der Waals surface area (Å²) in [6.45, 7) is 1.90. The van der Waals surface area contributed by atoms with Crippen molar-refractivity contribution in [1.29, 1.82) is 0 Å². The second kappa shape index (κ2) is 6.20. The molecule has 0 spiro atoms. The standard InChI is InChI=1S/C15H13FIN3O3/c1-8-5-9(17)3-4-12(8)19-13-11(15(21)22-2)6-10-7-18-23-20(10)14(13)16/h3-7,18-19H,1-2H3. The Kier molecular flexibility index (Phi) is 4.26. The first kappa shape index (κ1) is 15.8. The quantitative estimate of drug-likeness (QED) is 0.438. The number of nitrogens with zero attached hydrogens (tertiary/aromatic N) is 1. The Bertz CT molecular complexity index is 773. The molecule has 3 rings (SSSR count). The van der Waals surface area contributed by atoms with Crippen molar-refractivity contribution < 1.29 is 18.9 Å². The molecule has 0 amide bonds. The summed E-state index contributed by atoms with van der Waals surface area (Å²) in [6.07, 6.45) is 2.93. The van der Waals surface area contributed by atoms with E-state index in [-0.39, 0.29) is 11.3 Å². The third kappa shape index (κ3) is 2.91. The van der Waals surface area contributed by atoms with Crippen LogP contribution >= 0.6 is 22.6 Å². The third-order valence-corrected chi connectivity index (χ3v) is 4.06. The van der Waals surface area contributed by atoms with Crippen LogP contribution in [-0.2, 0) is 14.5 Å². The molecule has 120 valence electrons. The van der Waals surface area contributed by atoms with Crippen molar-refractivity contribution in [3.63, 3.8) is 0 Å². The average Bonchev–Trinajstić information content (AvgIpc) is 3.00. The number of carbonyl (C=O) groups is 1. The highest BCUT2D eigenvalue weighted by Gasteiger charge is 2.33. The Morgan fingerprint density at radius 2 is 2.26 bits per heavy atom. The van der Waals surface area contributed by atoms with Crippen molar-refractivity contribution in [1.82, 2.24) is 10.5 Å². The van der Waals surface area contributed by atoms with E-state index in [4.69, 9.17) is 9.68 Å². The second-order valence-corrected chi connectivity index (χ2v) is 6.12. The van der Waals surface area contributed by atoms with Gasteiger partial charge in [0.1, 0.15) is 5.70 Å². The summed E-state index contributed by atoms with van der Waals surface area (Å²) in [5.41, 5.74) is 4.48. The van der Waals surface area contributed by atoms with Gasteiger partial charge in [-0.25, -0.2) is 10.3 Å². The predicted octanol–water partition coefficient (Wildman–Crippen LogP) is 2.86. The maximum atomic E-state index is 14.7. The number of fused-ring (bicyclic) bond motifs is 1. The van der Waals surface area contributed by atoms with E-state index in [0.29, 0.717) is 11.4 Å². The van der Waals surface area contributed by atoms with Crippen LogP contribution in [0.5, 0.6) is 0 Å². The molecule has 2 aliphatic rings. The molecular weight excluding hydrogens is 416 g/mol. The smallest absolute Gasteiger partial charge is 0.340 e. The Hall–Kier alpha value is -2.07. The summed E-state index contributed by atoms with van der Waals surface area (Å²) in [7, 11) is 1.25. The fourth-order valence-corrected chi connectivity index (χ4v) is 2.88. The molecule has 0 unspecified atom stereocenters. The lowest BCUT2D eigenvalue weighted by Gasteiger charge is -2.24. The zero-order chi connectivity index (χ0) is 16.6. The van der Waals surface area contributed by atoms with Crippen molar-refractivity contribution in [2.24, 2.45) is 0 Å². The van der Waals surface area contributed by atoms with E-state index in [2.05, 4.69) is 33.4 Å². The molecule has 1 aromatic carbocycles. The summed E-state index contributed by atoms with van der Waals surface area (Å²) >= 11 is 2.19. The van der Waals surface area contributed by atoms with Gasteiger partial charge in [0, 0.05) is 9.26 Å². The van der Waals surface area contributed by atoms with Crippen molar-refractivity contribution >= 4 is 34.2 Å². The summed E-state index contributed by atoms with van der Waals surface area (Å²) in [4.78, 5) is 17.0. The van der Waals surface area contributed by atoms with Crippen molar-refractivity contribution in [3.05, 3.63) is 62.5 Å². The first-order valence-electron chi connectivity index (χ1n) is 6.67. The molecular formula is C15H13FIN3O3. The van der Waals surface area contributed by atoms with E-state index in [1.54, 1.807) is 0 Å². The van der Waals surface area contributed by atoms with Crippen molar-refractivity contribution in [2.75, 3.05) is 12.4 Å². The minimum atomic E-state index is -0.734. The molecule has 0 radical (unpaired) electrons. The fraction of sp³-hybridized carbons (Fsp3) is 0.133. The summed E-state index contributed by atoms with van der Waals surface area (Å²) in [5, 5.41) is 3.91. The van der Waals surface area contributed by atoms with Gasteiger partial charge in [0.25, 0.3) is 0 Å². The van der Waals surface area contributed by atoms with E-state index in [1.807, 2.05) is 25.1 Å². The van der Waals surface area contributed by atoms with Crippen LogP contribution in [-0.4, -0.2) is 18.1 Å². The van der Waals surface area contributed by atoms with Crippen LogP contribution in [0, 0.1) is 10.5 Å². The van der Waals surface area contributed by atoms with Gasteiger partial charge in [0.15, 0.2) is 0 Å². The van der Waals surface area contributed by atoms with Crippen LogP contribution in [0.3, 0.4) is 0 Å². The molecule has 1 aromatic rings. The molecule has 0 saturated heterocycles. The summed E-state index contributed by atoms with van der Waals surface area (Å²) < 4.78 is 20.5. The lowest BCUT2D eigenvalue weighted by molar-refractivity contribution is -0.141. The maximum absolute atomic E-state index is 14.7. The van der Waals surface area contributed by atoms with Gasteiger partial charge in [-0.15, -0.1) is 4.94 Å². The highest BCUT2D eigenvalue weighted by Crippen LogP contribution is 2.34. The molecule has 2 heterocycles. The van der Waals surface area contributed by atoms with Crippen LogP contribution < -0.4 is 10.8 Å². The molecule has 23 heavy (non-hydrogen) atoms. The predicted molar refractivity (Wildman–Crippen MR) is 89.9 cm³/mol. The molecule has 2 aliphatic heterocycles. The van der Waals surface area contributed by atoms with Gasteiger partial charge >= 0.3 is 5.97 Å². The number of carbonyl (C=O) groups excluding carboxylic acids is 1. The van der Waals surface area contributed by atoms with Crippen LogP contribution in [0.1, 0.15) is 5.56 Å². The number of anilines is 1. The highest BCUT2D eigenvalue weighted by molar-refractivity contribution is 14.1. The highest BCUT2D eigenvalue weighted by atomic mass is 127. The van der Waals surface area contributed by atoms with Gasteiger partial charge in [0.05, 0.1) is 24.6 Å². The van der Waals surface area contributed by atoms with Crippen LogP contribution in [0.2, 0.25) is 0 Å². The number of hydrogen-bond acceptors (Lipinski definition) is 6. The Balaban J connectivity index is 2.03. The van der Waals surface area contributed by atoms with Gasteiger partial charge in [-0.1, -0.05) is 0 Å². The number of aryl methyl sites for hydroxylation is 1. The topological polar surface area (TPSA) is 62.8 Å². The lowest BCUT2D eigenvalue weighted by atomic mass is 10.1. The number of allylic oxidation sites excluding steroid dienone is 1. The number of hydroxylamine groups is 3. The summed E-state index contributed by atoms with van der Waals surface area (Å²) in [6, 6.07) is 5.66. The average molecular weight is 429 g/mol. The van der Waals surface area contributed by atoms with Crippen molar-refractivity contribution in [3.8, 4) is 0 Å². The van der Waals surface area contributed by atoms with Crippen LogP contribution in [0.15, 0.2) is 53.4 Å². The van der Waals surface area contributed by atoms with Gasteiger partial charge < -0.3 is 10.1 Å². The van der Waals surface area contributed by atoms with E-state index in [1.165, 1.54) is 19.4 Å². The fourth-order valence-electron chi connectivity index (χ4n) is 2.23. The zero-order valence-electron chi connectivity index (χ0n) is 12.3. The number of methoxy groups -OCH3 is 1. The molecule has 0 fully saturated rings.